The maximum Gasteiger partial charge on any atom is 0.235 e. The fourth-order valence-electron chi connectivity index (χ4n) is 2.34. The zero-order valence-corrected chi connectivity index (χ0v) is 12.7. The summed E-state index contributed by atoms with van der Waals surface area (Å²) in [4.78, 5) is 16.7. The molecule has 0 atom stereocenters. The summed E-state index contributed by atoms with van der Waals surface area (Å²) in [5.74, 6) is 0.760. The minimum atomic E-state index is -0.719. The highest BCUT2D eigenvalue weighted by atomic mass is 32.1. The van der Waals surface area contributed by atoms with Crippen molar-refractivity contribution >= 4 is 23.1 Å². The number of thiocarbonyl (C=S) groups is 1. The largest absolute Gasteiger partial charge is 0.392 e. The zero-order valence-electron chi connectivity index (χ0n) is 11.9. The summed E-state index contributed by atoms with van der Waals surface area (Å²) in [5, 5.41) is 0. The maximum absolute atomic E-state index is 12.3. The van der Waals surface area contributed by atoms with Crippen molar-refractivity contribution in [1.29, 1.82) is 0 Å². The summed E-state index contributed by atoms with van der Waals surface area (Å²) < 4.78 is 0. The average Bonchev–Trinajstić information content (AvgIpc) is 2.28. The van der Waals surface area contributed by atoms with Crippen molar-refractivity contribution < 1.29 is 4.79 Å². The lowest BCUT2D eigenvalue weighted by molar-refractivity contribution is -0.138. The zero-order chi connectivity index (χ0) is 13.9. The number of carbonyl (C=O) groups is 1. The molecule has 0 bridgehead atoms. The SMILES string of the molecule is CN(C)CC1CCN(C(=O)C(C)(C)C(N)=S)CC1. The number of carbonyl (C=O) groups excluding carboxylic acids is 1. The van der Waals surface area contributed by atoms with Gasteiger partial charge in [-0.2, -0.15) is 0 Å². The molecule has 18 heavy (non-hydrogen) atoms. The van der Waals surface area contributed by atoms with Crippen LogP contribution in [0.1, 0.15) is 26.7 Å². The third-order valence-electron chi connectivity index (χ3n) is 3.68. The highest BCUT2D eigenvalue weighted by Gasteiger charge is 2.36. The summed E-state index contributed by atoms with van der Waals surface area (Å²) >= 11 is 4.98. The van der Waals surface area contributed by atoms with Gasteiger partial charge in [0.05, 0.1) is 10.4 Å². The van der Waals surface area contributed by atoms with Crippen LogP contribution in [-0.2, 0) is 4.79 Å². The van der Waals surface area contributed by atoms with Crippen molar-refractivity contribution in [1.82, 2.24) is 9.80 Å². The van der Waals surface area contributed by atoms with E-state index in [1.54, 1.807) is 0 Å². The second-order valence-electron chi connectivity index (χ2n) is 5.99. The summed E-state index contributed by atoms with van der Waals surface area (Å²) in [5.41, 5.74) is 4.93. The first-order chi connectivity index (χ1) is 8.25. The number of likely N-dealkylation sites (tertiary alicyclic amines) is 1. The van der Waals surface area contributed by atoms with Crippen molar-refractivity contribution in [3.05, 3.63) is 0 Å². The van der Waals surface area contributed by atoms with E-state index in [4.69, 9.17) is 18.0 Å². The van der Waals surface area contributed by atoms with E-state index in [0.29, 0.717) is 5.92 Å². The molecule has 2 N–H and O–H groups in total. The van der Waals surface area contributed by atoms with Crippen molar-refractivity contribution in [3.63, 3.8) is 0 Å². The van der Waals surface area contributed by atoms with Crippen LogP contribution in [0.15, 0.2) is 0 Å². The Balaban J connectivity index is 2.53. The van der Waals surface area contributed by atoms with E-state index < -0.39 is 5.41 Å². The molecule has 0 aromatic heterocycles. The van der Waals surface area contributed by atoms with Gasteiger partial charge < -0.3 is 15.5 Å². The molecule has 0 spiro atoms. The quantitative estimate of drug-likeness (QED) is 0.778. The Morgan fingerprint density at radius 1 is 1.39 bits per heavy atom. The summed E-state index contributed by atoms with van der Waals surface area (Å²) in [6.07, 6.45) is 2.13. The average molecular weight is 271 g/mol. The number of hydrogen-bond donors (Lipinski definition) is 1. The number of nitrogens with two attached hydrogens (primary N) is 1. The molecular weight excluding hydrogens is 246 g/mol. The van der Waals surface area contributed by atoms with E-state index in [0.717, 1.165) is 32.5 Å². The van der Waals surface area contributed by atoms with Crippen LogP contribution in [0.3, 0.4) is 0 Å². The molecule has 0 unspecified atom stereocenters. The molecule has 0 saturated carbocycles. The van der Waals surface area contributed by atoms with Gasteiger partial charge in [0.25, 0.3) is 0 Å². The van der Waals surface area contributed by atoms with Gasteiger partial charge in [-0.15, -0.1) is 0 Å². The third-order valence-corrected chi connectivity index (χ3v) is 4.19. The highest BCUT2D eigenvalue weighted by Crippen LogP contribution is 2.24. The van der Waals surface area contributed by atoms with Crippen LogP contribution in [0, 0.1) is 11.3 Å². The lowest BCUT2D eigenvalue weighted by atomic mass is 9.89. The Bertz CT molecular complexity index is 320. The second-order valence-corrected chi connectivity index (χ2v) is 6.43. The standard InChI is InChI=1S/C13H25N3OS/c1-13(2,11(14)18)12(17)16-7-5-10(6-8-16)9-15(3)4/h10H,5-9H2,1-4H3,(H2,14,18). The monoisotopic (exact) mass is 271 g/mol. The lowest BCUT2D eigenvalue weighted by Crippen LogP contribution is -2.50. The van der Waals surface area contributed by atoms with Gasteiger partial charge in [0.1, 0.15) is 0 Å². The van der Waals surface area contributed by atoms with Crippen LogP contribution >= 0.6 is 12.2 Å². The summed E-state index contributed by atoms with van der Waals surface area (Å²) in [6, 6.07) is 0. The van der Waals surface area contributed by atoms with E-state index in [1.165, 1.54) is 0 Å². The van der Waals surface area contributed by atoms with Crippen molar-refractivity contribution in [2.24, 2.45) is 17.1 Å². The molecule has 1 saturated heterocycles. The maximum atomic E-state index is 12.3. The molecular formula is C13H25N3OS. The van der Waals surface area contributed by atoms with Gasteiger partial charge >= 0.3 is 0 Å². The highest BCUT2D eigenvalue weighted by molar-refractivity contribution is 7.80. The Morgan fingerprint density at radius 2 is 1.89 bits per heavy atom. The number of amides is 1. The van der Waals surface area contributed by atoms with Crippen LogP contribution in [0.25, 0.3) is 0 Å². The molecule has 1 fully saturated rings. The van der Waals surface area contributed by atoms with Gasteiger partial charge in [0, 0.05) is 19.6 Å². The summed E-state index contributed by atoms with van der Waals surface area (Å²) in [6.45, 7) is 6.36. The van der Waals surface area contributed by atoms with Crippen molar-refractivity contribution in [2.45, 2.75) is 26.7 Å². The molecule has 0 aliphatic carbocycles. The van der Waals surface area contributed by atoms with Gasteiger partial charge in [-0.1, -0.05) is 12.2 Å². The van der Waals surface area contributed by atoms with Crippen LogP contribution in [0.2, 0.25) is 0 Å². The molecule has 1 aliphatic rings. The minimum Gasteiger partial charge on any atom is -0.392 e. The molecule has 0 aromatic carbocycles. The number of hydrogen-bond acceptors (Lipinski definition) is 3. The Labute approximate surface area is 115 Å². The molecule has 1 rings (SSSR count). The number of piperidine rings is 1. The Hall–Kier alpha value is -0.680. The first-order valence-corrected chi connectivity index (χ1v) is 6.90. The van der Waals surface area contributed by atoms with Crippen molar-refractivity contribution in [2.75, 3.05) is 33.7 Å². The predicted octanol–water partition coefficient (Wildman–Crippen LogP) is 1.10. The summed E-state index contributed by atoms with van der Waals surface area (Å²) in [7, 11) is 4.18. The van der Waals surface area contributed by atoms with Crippen LogP contribution in [0.5, 0.6) is 0 Å². The van der Waals surface area contributed by atoms with Gasteiger partial charge in [0.2, 0.25) is 5.91 Å². The van der Waals surface area contributed by atoms with E-state index in [-0.39, 0.29) is 10.9 Å². The molecule has 4 nitrogen and oxygen atoms in total. The van der Waals surface area contributed by atoms with E-state index >= 15 is 0 Å². The first-order valence-electron chi connectivity index (χ1n) is 6.49. The first kappa shape index (κ1) is 15.4. The predicted molar refractivity (Wildman–Crippen MR) is 78.4 cm³/mol. The van der Waals surface area contributed by atoms with Gasteiger partial charge in [-0.3, -0.25) is 4.79 Å². The molecule has 1 heterocycles. The molecule has 0 radical (unpaired) electrons. The number of nitrogens with zero attached hydrogens (tertiary/aromatic N) is 2. The molecule has 1 amide bonds. The Kier molecular flexibility index (Phi) is 5.10. The fraction of sp³-hybridized carbons (Fsp3) is 0.846. The van der Waals surface area contributed by atoms with Gasteiger partial charge in [-0.25, -0.2) is 0 Å². The molecule has 5 heteroatoms. The van der Waals surface area contributed by atoms with Crippen molar-refractivity contribution in [3.8, 4) is 0 Å². The third kappa shape index (κ3) is 3.65. The van der Waals surface area contributed by atoms with E-state index in [9.17, 15) is 4.79 Å². The van der Waals surface area contributed by atoms with Crippen LogP contribution < -0.4 is 5.73 Å². The lowest BCUT2D eigenvalue weighted by Gasteiger charge is -2.37. The smallest absolute Gasteiger partial charge is 0.235 e. The molecule has 1 aliphatic heterocycles. The van der Waals surface area contributed by atoms with Gasteiger partial charge in [-0.05, 0) is 46.7 Å². The molecule has 0 aromatic rings. The fourth-order valence-corrected chi connectivity index (χ4v) is 2.42. The van der Waals surface area contributed by atoms with Crippen LogP contribution in [-0.4, -0.2) is 54.4 Å². The molecule has 104 valence electrons. The van der Waals surface area contributed by atoms with E-state index in [2.05, 4.69) is 19.0 Å². The Morgan fingerprint density at radius 3 is 2.28 bits per heavy atom. The van der Waals surface area contributed by atoms with Crippen LogP contribution in [0.4, 0.5) is 0 Å². The normalized spacial score (nSPS) is 18.2. The second kappa shape index (κ2) is 5.97. The van der Waals surface area contributed by atoms with Gasteiger partial charge in [0.15, 0.2) is 0 Å². The minimum absolute atomic E-state index is 0.0679. The topological polar surface area (TPSA) is 49.6 Å². The van der Waals surface area contributed by atoms with E-state index in [1.807, 2.05) is 18.7 Å². The number of rotatable bonds is 4.